The number of hydrogen-bond donors (Lipinski definition) is 1. The van der Waals surface area contributed by atoms with Crippen molar-refractivity contribution >= 4 is 21.6 Å². The molecule has 0 aliphatic heterocycles. The highest BCUT2D eigenvalue weighted by atomic mass is 32.2. The van der Waals surface area contributed by atoms with Crippen LogP contribution in [0.1, 0.15) is 19.3 Å². The lowest BCUT2D eigenvalue weighted by atomic mass is 10.0. The number of nitrogens with zero attached hydrogens (tertiary/aromatic N) is 1. The molecule has 20 heavy (non-hydrogen) atoms. The molecule has 2 aliphatic rings. The van der Waals surface area contributed by atoms with Gasteiger partial charge in [0.1, 0.15) is 0 Å². The SMILES string of the molecule is CN(C(=O)C1CC2CC2C1)c1ccc(S(N)(=O)=O)cc1. The standard InChI is InChI=1S/C14H18N2O3S/c1-16(14(17)11-7-9-6-10(9)8-11)12-2-4-13(5-3-12)20(15,18)19/h2-5,9-11H,6-8H2,1H3,(H2,15,18,19). The summed E-state index contributed by atoms with van der Waals surface area (Å²) in [6.45, 7) is 0. The van der Waals surface area contributed by atoms with Gasteiger partial charge in [-0.15, -0.1) is 0 Å². The van der Waals surface area contributed by atoms with Crippen LogP contribution >= 0.6 is 0 Å². The first kappa shape index (κ1) is 13.6. The summed E-state index contributed by atoms with van der Waals surface area (Å²) in [5.41, 5.74) is 0.697. The summed E-state index contributed by atoms with van der Waals surface area (Å²) in [6.07, 6.45) is 3.29. The molecule has 0 heterocycles. The molecule has 6 heteroatoms. The average Bonchev–Trinajstić information content (AvgIpc) is 3.03. The minimum Gasteiger partial charge on any atom is -0.315 e. The molecule has 0 bridgehead atoms. The van der Waals surface area contributed by atoms with Crippen LogP contribution in [0, 0.1) is 17.8 Å². The number of rotatable bonds is 3. The van der Waals surface area contributed by atoms with Crippen LogP contribution in [-0.2, 0) is 14.8 Å². The molecule has 1 amide bonds. The predicted molar refractivity (Wildman–Crippen MR) is 75.5 cm³/mol. The minimum absolute atomic E-state index is 0.0595. The van der Waals surface area contributed by atoms with Crippen molar-refractivity contribution in [3.63, 3.8) is 0 Å². The number of amides is 1. The van der Waals surface area contributed by atoms with E-state index in [1.165, 1.54) is 18.6 Å². The molecule has 2 fully saturated rings. The van der Waals surface area contributed by atoms with Gasteiger partial charge in [0.05, 0.1) is 4.90 Å². The molecular weight excluding hydrogens is 276 g/mol. The Morgan fingerprint density at radius 1 is 1.15 bits per heavy atom. The second-order valence-corrected chi connectivity index (χ2v) is 7.42. The molecule has 0 radical (unpaired) electrons. The number of carbonyl (C=O) groups is 1. The molecule has 2 saturated carbocycles. The van der Waals surface area contributed by atoms with E-state index in [1.807, 2.05) is 0 Å². The Morgan fingerprint density at radius 2 is 1.70 bits per heavy atom. The molecule has 5 nitrogen and oxygen atoms in total. The van der Waals surface area contributed by atoms with Gasteiger partial charge in [0, 0.05) is 18.7 Å². The fourth-order valence-electron chi connectivity index (χ4n) is 3.18. The zero-order chi connectivity index (χ0) is 14.5. The van der Waals surface area contributed by atoms with Gasteiger partial charge in [0.2, 0.25) is 15.9 Å². The Morgan fingerprint density at radius 3 is 2.20 bits per heavy atom. The van der Waals surface area contributed by atoms with Crippen molar-refractivity contribution in [2.24, 2.45) is 22.9 Å². The van der Waals surface area contributed by atoms with E-state index in [-0.39, 0.29) is 16.7 Å². The van der Waals surface area contributed by atoms with Crippen LogP contribution in [0.3, 0.4) is 0 Å². The Bertz CT molecular complexity index is 629. The smallest absolute Gasteiger partial charge is 0.238 e. The van der Waals surface area contributed by atoms with Crippen molar-refractivity contribution in [2.45, 2.75) is 24.2 Å². The number of fused-ring (bicyclic) bond motifs is 1. The molecule has 0 aromatic heterocycles. The fraction of sp³-hybridized carbons (Fsp3) is 0.500. The van der Waals surface area contributed by atoms with Gasteiger partial charge in [-0.1, -0.05) is 0 Å². The summed E-state index contributed by atoms with van der Waals surface area (Å²) < 4.78 is 22.4. The molecule has 2 aliphatic carbocycles. The third-order valence-electron chi connectivity index (χ3n) is 4.48. The molecule has 1 aromatic carbocycles. The number of anilines is 1. The van der Waals surface area contributed by atoms with E-state index in [2.05, 4.69) is 0 Å². The topological polar surface area (TPSA) is 80.5 Å². The average molecular weight is 294 g/mol. The van der Waals surface area contributed by atoms with Crippen LogP contribution in [0.2, 0.25) is 0 Å². The van der Waals surface area contributed by atoms with Gasteiger partial charge in [-0.3, -0.25) is 4.79 Å². The Labute approximate surface area is 118 Å². The first-order valence-corrected chi connectivity index (χ1v) is 8.31. The number of hydrogen-bond acceptors (Lipinski definition) is 3. The Hall–Kier alpha value is -1.40. The van der Waals surface area contributed by atoms with Gasteiger partial charge in [-0.25, -0.2) is 13.6 Å². The van der Waals surface area contributed by atoms with E-state index in [9.17, 15) is 13.2 Å². The van der Waals surface area contributed by atoms with Gasteiger partial charge in [0.25, 0.3) is 0 Å². The molecule has 0 spiro atoms. The highest BCUT2D eigenvalue weighted by Gasteiger charge is 2.48. The summed E-state index contributed by atoms with van der Waals surface area (Å²) in [4.78, 5) is 14.0. The van der Waals surface area contributed by atoms with E-state index >= 15 is 0 Å². The molecule has 3 rings (SSSR count). The summed E-state index contributed by atoms with van der Waals surface area (Å²) in [7, 11) is -1.95. The summed E-state index contributed by atoms with van der Waals surface area (Å²) in [5, 5.41) is 5.05. The van der Waals surface area contributed by atoms with Crippen LogP contribution < -0.4 is 10.0 Å². The molecule has 2 unspecified atom stereocenters. The van der Waals surface area contributed by atoms with Crippen LogP contribution in [-0.4, -0.2) is 21.4 Å². The first-order valence-electron chi connectivity index (χ1n) is 6.76. The van der Waals surface area contributed by atoms with Gasteiger partial charge in [-0.2, -0.15) is 0 Å². The fourth-order valence-corrected chi connectivity index (χ4v) is 3.69. The monoisotopic (exact) mass is 294 g/mol. The largest absolute Gasteiger partial charge is 0.315 e. The molecule has 1 aromatic rings. The Kier molecular flexibility index (Phi) is 3.10. The van der Waals surface area contributed by atoms with E-state index < -0.39 is 10.0 Å². The number of carbonyl (C=O) groups excluding carboxylic acids is 1. The normalized spacial score (nSPS) is 28.0. The highest BCUT2D eigenvalue weighted by Crippen LogP contribution is 2.54. The van der Waals surface area contributed by atoms with Gasteiger partial charge < -0.3 is 4.90 Å². The quantitative estimate of drug-likeness (QED) is 0.913. The Balaban J connectivity index is 1.73. The zero-order valence-electron chi connectivity index (χ0n) is 11.3. The highest BCUT2D eigenvalue weighted by molar-refractivity contribution is 7.89. The molecule has 2 atom stereocenters. The van der Waals surface area contributed by atoms with Crippen molar-refractivity contribution in [1.82, 2.24) is 0 Å². The van der Waals surface area contributed by atoms with E-state index in [0.717, 1.165) is 24.7 Å². The van der Waals surface area contributed by atoms with Gasteiger partial charge in [0.15, 0.2) is 0 Å². The maximum Gasteiger partial charge on any atom is 0.238 e. The van der Waals surface area contributed by atoms with E-state index in [1.54, 1.807) is 24.1 Å². The van der Waals surface area contributed by atoms with E-state index in [0.29, 0.717) is 5.69 Å². The second-order valence-electron chi connectivity index (χ2n) is 5.86. The van der Waals surface area contributed by atoms with Crippen molar-refractivity contribution < 1.29 is 13.2 Å². The van der Waals surface area contributed by atoms with Crippen LogP contribution in [0.5, 0.6) is 0 Å². The maximum absolute atomic E-state index is 12.4. The second kappa shape index (κ2) is 4.56. The molecular formula is C14H18N2O3S. The summed E-state index contributed by atoms with van der Waals surface area (Å²) in [6, 6.07) is 6.10. The number of sulfonamides is 1. The van der Waals surface area contributed by atoms with Gasteiger partial charge >= 0.3 is 0 Å². The summed E-state index contributed by atoms with van der Waals surface area (Å²) >= 11 is 0. The van der Waals surface area contributed by atoms with Crippen molar-refractivity contribution in [2.75, 3.05) is 11.9 Å². The molecule has 0 saturated heterocycles. The first-order chi connectivity index (χ1) is 9.36. The molecule has 108 valence electrons. The third kappa shape index (κ3) is 2.45. The summed E-state index contributed by atoms with van der Waals surface area (Å²) in [5.74, 6) is 1.78. The van der Waals surface area contributed by atoms with Crippen LogP contribution in [0.15, 0.2) is 29.2 Å². The third-order valence-corrected chi connectivity index (χ3v) is 5.41. The van der Waals surface area contributed by atoms with Crippen LogP contribution in [0.25, 0.3) is 0 Å². The van der Waals surface area contributed by atoms with Crippen molar-refractivity contribution in [1.29, 1.82) is 0 Å². The lowest BCUT2D eigenvalue weighted by Gasteiger charge is -2.22. The number of benzene rings is 1. The predicted octanol–water partition coefficient (Wildman–Crippen LogP) is 1.34. The van der Waals surface area contributed by atoms with Crippen LogP contribution in [0.4, 0.5) is 5.69 Å². The lowest BCUT2D eigenvalue weighted by Crippen LogP contribution is -2.32. The number of nitrogens with two attached hydrogens (primary N) is 1. The lowest BCUT2D eigenvalue weighted by molar-refractivity contribution is -0.122. The van der Waals surface area contributed by atoms with Crippen molar-refractivity contribution in [3.05, 3.63) is 24.3 Å². The maximum atomic E-state index is 12.4. The zero-order valence-corrected chi connectivity index (χ0v) is 12.1. The minimum atomic E-state index is -3.69. The van der Waals surface area contributed by atoms with Gasteiger partial charge in [-0.05, 0) is 55.4 Å². The number of primary sulfonamides is 1. The van der Waals surface area contributed by atoms with E-state index in [4.69, 9.17) is 5.14 Å². The van der Waals surface area contributed by atoms with Crippen molar-refractivity contribution in [3.8, 4) is 0 Å². The molecule has 2 N–H and O–H groups in total.